The van der Waals surface area contributed by atoms with Crippen LogP contribution < -0.4 is 5.32 Å². The largest absolute Gasteiger partial charge is 0.362 e. The van der Waals surface area contributed by atoms with Gasteiger partial charge in [-0.25, -0.2) is 0 Å². The SMILES string of the molecule is Cc1ccc(NC2(CCl)CCCCC2)nn1. The van der Waals surface area contributed by atoms with Crippen LogP contribution in [-0.2, 0) is 0 Å². The van der Waals surface area contributed by atoms with Gasteiger partial charge in [0, 0.05) is 5.88 Å². The van der Waals surface area contributed by atoms with Crippen LogP contribution in [0.5, 0.6) is 0 Å². The Balaban J connectivity index is 2.08. The fourth-order valence-corrected chi connectivity index (χ4v) is 2.59. The second kappa shape index (κ2) is 5.00. The van der Waals surface area contributed by atoms with Crippen LogP contribution in [-0.4, -0.2) is 21.6 Å². The molecule has 4 heteroatoms. The van der Waals surface area contributed by atoms with Crippen LogP contribution in [0, 0.1) is 6.92 Å². The molecule has 1 heterocycles. The smallest absolute Gasteiger partial charge is 0.149 e. The number of hydrogen-bond acceptors (Lipinski definition) is 3. The molecular weight excluding hydrogens is 222 g/mol. The summed E-state index contributed by atoms with van der Waals surface area (Å²) in [6.45, 7) is 1.94. The van der Waals surface area contributed by atoms with E-state index in [2.05, 4.69) is 15.5 Å². The fourth-order valence-electron chi connectivity index (χ4n) is 2.26. The van der Waals surface area contributed by atoms with E-state index >= 15 is 0 Å². The molecule has 16 heavy (non-hydrogen) atoms. The van der Waals surface area contributed by atoms with Crippen molar-refractivity contribution >= 4 is 17.4 Å². The molecule has 1 saturated carbocycles. The molecule has 0 bridgehead atoms. The molecule has 1 N–H and O–H groups in total. The Bertz CT molecular complexity index is 331. The average Bonchev–Trinajstić information content (AvgIpc) is 2.33. The van der Waals surface area contributed by atoms with Crippen molar-refractivity contribution < 1.29 is 0 Å². The molecule has 1 fully saturated rings. The molecule has 0 aromatic carbocycles. The maximum atomic E-state index is 6.11. The normalized spacial score (nSPS) is 19.4. The van der Waals surface area contributed by atoms with Crippen LogP contribution in [0.2, 0.25) is 0 Å². The molecule has 0 radical (unpaired) electrons. The van der Waals surface area contributed by atoms with Gasteiger partial charge in [-0.2, -0.15) is 5.10 Å². The first-order valence-corrected chi connectivity index (χ1v) is 6.42. The van der Waals surface area contributed by atoms with Gasteiger partial charge in [-0.15, -0.1) is 16.7 Å². The lowest BCUT2D eigenvalue weighted by atomic mass is 9.83. The van der Waals surface area contributed by atoms with Gasteiger partial charge in [-0.05, 0) is 31.9 Å². The molecule has 1 aromatic rings. The second-order valence-electron chi connectivity index (χ2n) is 4.66. The predicted molar refractivity (Wildman–Crippen MR) is 66.9 cm³/mol. The van der Waals surface area contributed by atoms with Gasteiger partial charge in [-0.1, -0.05) is 19.3 Å². The summed E-state index contributed by atoms with van der Waals surface area (Å²) >= 11 is 6.11. The van der Waals surface area contributed by atoms with E-state index < -0.39 is 0 Å². The van der Waals surface area contributed by atoms with Crippen LogP contribution in [0.25, 0.3) is 0 Å². The Morgan fingerprint density at radius 2 is 2.00 bits per heavy atom. The molecule has 3 nitrogen and oxygen atoms in total. The van der Waals surface area contributed by atoms with E-state index in [9.17, 15) is 0 Å². The summed E-state index contributed by atoms with van der Waals surface area (Å²) < 4.78 is 0. The van der Waals surface area contributed by atoms with Crippen molar-refractivity contribution in [3.05, 3.63) is 17.8 Å². The third-order valence-electron chi connectivity index (χ3n) is 3.26. The predicted octanol–water partition coefficient (Wildman–Crippen LogP) is 3.14. The minimum Gasteiger partial charge on any atom is -0.362 e. The Kier molecular flexibility index (Phi) is 3.64. The summed E-state index contributed by atoms with van der Waals surface area (Å²) in [7, 11) is 0. The summed E-state index contributed by atoms with van der Waals surface area (Å²) in [6, 6.07) is 3.95. The van der Waals surface area contributed by atoms with E-state index in [0.29, 0.717) is 5.88 Å². The second-order valence-corrected chi connectivity index (χ2v) is 4.93. The highest BCUT2D eigenvalue weighted by molar-refractivity contribution is 6.18. The van der Waals surface area contributed by atoms with E-state index in [1.807, 2.05) is 19.1 Å². The zero-order valence-electron chi connectivity index (χ0n) is 9.67. The van der Waals surface area contributed by atoms with E-state index in [-0.39, 0.29) is 5.54 Å². The van der Waals surface area contributed by atoms with Gasteiger partial charge in [-0.3, -0.25) is 0 Å². The van der Waals surface area contributed by atoms with Crippen molar-refractivity contribution in [1.29, 1.82) is 0 Å². The molecule has 0 spiro atoms. The van der Waals surface area contributed by atoms with Gasteiger partial charge in [0.05, 0.1) is 11.2 Å². The van der Waals surface area contributed by atoms with Crippen LogP contribution in [0.4, 0.5) is 5.82 Å². The molecule has 0 saturated heterocycles. The standard InChI is InChI=1S/C12H18ClN3/c1-10-5-6-11(16-15-10)14-12(9-13)7-3-2-4-8-12/h5-6H,2-4,7-9H2,1H3,(H,14,16). The van der Waals surface area contributed by atoms with Crippen LogP contribution in [0.1, 0.15) is 37.8 Å². The number of hydrogen-bond donors (Lipinski definition) is 1. The van der Waals surface area contributed by atoms with E-state index in [1.165, 1.54) is 19.3 Å². The first kappa shape index (κ1) is 11.6. The van der Waals surface area contributed by atoms with Crippen LogP contribution in [0.3, 0.4) is 0 Å². The van der Waals surface area contributed by atoms with Crippen molar-refractivity contribution in [2.45, 2.75) is 44.6 Å². The van der Waals surface area contributed by atoms with Crippen molar-refractivity contribution in [3.63, 3.8) is 0 Å². The molecule has 1 aliphatic rings. The van der Waals surface area contributed by atoms with Crippen LogP contribution in [0.15, 0.2) is 12.1 Å². The van der Waals surface area contributed by atoms with Gasteiger partial charge < -0.3 is 5.32 Å². The van der Waals surface area contributed by atoms with E-state index in [4.69, 9.17) is 11.6 Å². The van der Waals surface area contributed by atoms with Crippen molar-refractivity contribution in [2.24, 2.45) is 0 Å². The number of nitrogens with zero attached hydrogens (tertiary/aromatic N) is 2. The Morgan fingerprint density at radius 3 is 2.56 bits per heavy atom. The Morgan fingerprint density at radius 1 is 1.25 bits per heavy atom. The summed E-state index contributed by atoms with van der Waals surface area (Å²) in [5.41, 5.74) is 0.970. The number of aromatic nitrogens is 2. The lowest BCUT2D eigenvalue weighted by Crippen LogP contribution is -2.42. The van der Waals surface area contributed by atoms with Crippen LogP contribution >= 0.6 is 11.6 Å². The minimum atomic E-state index is 0.0315. The first-order valence-electron chi connectivity index (χ1n) is 5.89. The van der Waals surface area contributed by atoms with E-state index in [0.717, 1.165) is 24.4 Å². The molecule has 1 aromatic heterocycles. The summed E-state index contributed by atoms with van der Waals surface area (Å²) in [4.78, 5) is 0. The molecule has 0 amide bonds. The van der Waals surface area contributed by atoms with E-state index in [1.54, 1.807) is 0 Å². The zero-order valence-corrected chi connectivity index (χ0v) is 10.4. The number of nitrogens with one attached hydrogen (secondary N) is 1. The lowest BCUT2D eigenvalue weighted by molar-refractivity contribution is 0.352. The molecule has 2 rings (SSSR count). The van der Waals surface area contributed by atoms with Crippen molar-refractivity contribution in [3.8, 4) is 0 Å². The summed E-state index contributed by atoms with van der Waals surface area (Å²) in [6.07, 6.45) is 6.08. The molecular formula is C12H18ClN3. The summed E-state index contributed by atoms with van der Waals surface area (Å²) in [5, 5.41) is 11.7. The Hall–Kier alpha value is -0.830. The number of anilines is 1. The fraction of sp³-hybridized carbons (Fsp3) is 0.667. The number of rotatable bonds is 3. The maximum absolute atomic E-state index is 6.11. The highest BCUT2D eigenvalue weighted by Gasteiger charge is 2.31. The monoisotopic (exact) mass is 239 g/mol. The van der Waals surface area contributed by atoms with Gasteiger partial charge >= 0.3 is 0 Å². The summed E-state index contributed by atoms with van der Waals surface area (Å²) in [5.74, 6) is 1.48. The van der Waals surface area contributed by atoms with Gasteiger partial charge in [0.2, 0.25) is 0 Å². The molecule has 88 valence electrons. The third kappa shape index (κ3) is 2.64. The van der Waals surface area contributed by atoms with Crippen molar-refractivity contribution in [1.82, 2.24) is 10.2 Å². The highest BCUT2D eigenvalue weighted by Crippen LogP contribution is 2.32. The van der Waals surface area contributed by atoms with Gasteiger partial charge in [0.15, 0.2) is 0 Å². The molecule has 0 unspecified atom stereocenters. The van der Waals surface area contributed by atoms with Gasteiger partial charge in [0.25, 0.3) is 0 Å². The van der Waals surface area contributed by atoms with Crippen molar-refractivity contribution in [2.75, 3.05) is 11.2 Å². The zero-order chi connectivity index (χ0) is 11.4. The third-order valence-corrected chi connectivity index (χ3v) is 3.77. The number of halogens is 1. The topological polar surface area (TPSA) is 37.8 Å². The molecule has 0 aliphatic heterocycles. The molecule has 1 aliphatic carbocycles. The Labute approximate surface area is 102 Å². The quantitative estimate of drug-likeness (QED) is 0.824. The maximum Gasteiger partial charge on any atom is 0.149 e. The van der Waals surface area contributed by atoms with Gasteiger partial charge in [0.1, 0.15) is 5.82 Å². The lowest BCUT2D eigenvalue weighted by Gasteiger charge is -2.36. The highest BCUT2D eigenvalue weighted by atomic mass is 35.5. The first-order chi connectivity index (χ1) is 7.74. The number of aryl methyl sites for hydroxylation is 1. The number of alkyl halides is 1. The average molecular weight is 240 g/mol. The molecule has 0 atom stereocenters. The minimum absolute atomic E-state index is 0.0315.